The summed E-state index contributed by atoms with van der Waals surface area (Å²) in [5.74, 6) is -0.472. The van der Waals surface area contributed by atoms with Crippen LogP contribution in [-0.4, -0.2) is 83.7 Å². The summed E-state index contributed by atoms with van der Waals surface area (Å²) in [5, 5.41) is 23.1. The van der Waals surface area contributed by atoms with Crippen LogP contribution in [0.4, 0.5) is 0 Å². The fraction of sp³-hybridized carbons (Fsp3) is 0.780. The summed E-state index contributed by atoms with van der Waals surface area (Å²) in [6.07, 6.45) is 7.85. The number of benzene rings is 1. The summed E-state index contributed by atoms with van der Waals surface area (Å²) in [6, 6.07) is 8.02. The number of ketones is 1. The predicted molar refractivity (Wildman–Crippen MR) is 234 cm³/mol. The Kier molecular flexibility index (Phi) is 11.8. The number of Topliss-reactive ketones (excluding diaryl/α,β-unsaturated/α-hetero) is 1. The summed E-state index contributed by atoms with van der Waals surface area (Å²) in [5.41, 5.74) is 2.20. The minimum absolute atomic E-state index is 0.0227. The van der Waals surface area contributed by atoms with E-state index in [1.54, 1.807) is 0 Å². The number of aliphatic carboxylic acids is 1. The van der Waals surface area contributed by atoms with Gasteiger partial charge in [-0.3, -0.25) is 19.3 Å². The number of hydrogen-bond donors (Lipinski definition) is 2. The summed E-state index contributed by atoms with van der Waals surface area (Å²) in [4.78, 5) is 44.4. The lowest BCUT2D eigenvalue weighted by Gasteiger charge is -2.72. The van der Waals surface area contributed by atoms with Gasteiger partial charge in [0.15, 0.2) is 5.78 Å². The molecule has 2 N–H and O–H groups in total. The summed E-state index contributed by atoms with van der Waals surface area (Å²) in [7, 11) is 4.18. The van der Waals surface area contributed by atoms with E-state index in [2.05, 4.69) is 84.5 Å². The molecule has 0 unspecified atom stereocenters. The number of nitrogens with zero attached hydrogens (tertiary/aromatic N) is 2. The van der Waals surface area contributed by atoms with E-state index in [1.807, 2.05) is 26.0 Å². The molecule has 0 amide bonds. The fourth-order valence-corrected chi connectivity index (χ4v) is 15.2. The molecule has 0 spiro atoms. The quantitative estimate of drug-likeness (QED) is 0.201. The number of fused-ring (bicyclic) bond motifs is 7. The molecule has 59 heavy (non-hydrogen) atoms. The number of hydrogen-bond acceptors (Lipinski definition) is 7. The zero-order valence-corrected chi connectivity index (χ0v) is 38.9. The lowest BCUT2D eigenvalue weighted by atomic mass is 9.33. The highest BCUT2D eigenvalue weighted by Gasteiger charge is 2.71. The second-order valence-electron chi connectivity index (χ2n) is 22.8. The van der Waals surface area contributed by atoms with Crippen molar-refractivity contribution in [1.82, 2.24) is 9.80 Å². The van der Waals surface area contributed by atoms with Crippen LogP contribution in [0.2, 0.25) is 5.02 Å². The molecule has 0 radical (unpaired) electrons. The van der Waals surface area contributed by atoms with Crippen molar-refractivity contribution < 1.29 is 29.3 Å². The minimum Gasteiger partial charge on any atom is -0.481 e. The van der Waals surface area contributed by atoms with Crippen molar-refractivity contribution in [2.24, 2.45) is 68.0 Å². The lowest BCUT2D eigenvalue weighted by molar-refractivity contribution is -0.238. The van der Waals surface area contributed by atoms with Crippen molar-refractivity contribution in [3.63, 3.8) is 0 Å². The largest absolute Gasteiger partial charge is 0.481 e. The number of esters is 1. The third-order valence-electron chi connectivity index (χ3n) is 18.8. The molecule has 11 atom stereocenters. The molecule has 5 fully saturated rings. The van der Waals surface area contributed by atoms with Crippen LogP contribution >= 0.6 is 11.6 Å². The maximum atomic E-state index is 14.4. The van der Waals surface area contributed by atoms with Crippen LogP contribution in [0.5, 0.6) is 0 Å². The van der Waals surface area contributed by atoms with Crippen LogP contribution in [0.25, 0.3) is 0 Å². The Bertz CT molecular complexity index is 1840. The maximum absolute atomic E-state index is 14.4. The molecule has 6 aliphatic carbocycles. The summed E-state index contributed by atoms with van der Waals surface area (Å²) >= 11 is 6.25. The summed E-state index contributed by atoms with van der Waals surface area (Å²) in [6.45, 7) is 23.4. The van der Waals surface area contributed by atoms with Crippen LogP contribution in [-0.2, 0) is 25.7 Å². The lowest BCUT2D eigenvalue weighted by Crippen LogP contribution is -2.66. The van der Waals surface area contributed by atoms with Gasteiger partial charge in [0, 0.05) is 48.5 Å². The zero-order chi connectivity index (χ0) is 43.2. The van der Waals surface area contributed by atoms with Gasteiger partial charge in [-0.2, -0.15) is 0 Å². The molecule has 8 nitrogen and oxygen atoms in total. The van der Waals surface area contributed by atoms with Crippen molar-refractivity contribution in [1.29, 1.82) is 0 Å². The molecular weight excluding hydrogens is 760 g/mol. The SMILES string of the molecule is CC(C)C1=C2[C@H]3CC[C@@H]4[C@@]5(C)CC[C@H](OC(=O)[C@H]6C[C@@H](C(=O)O)C6(C)C)C(C)(C)[C@@H]5CC[C@@]4(C)[C@]3(C)CC[C@@]2([C@@H](O)CN(CCN(C)C)Cc2ccc(Cl)cc2)CC1=O. The van der Waals surface area contributed by atoms with Gasteiger partial charge in [-0.05, 0) is 140 Å². The highest BCUT2D eigenvalue weighted by Crippen LogP contribution is 2.77. The van der Waals surface area contributed by atoms with Crippen LogP contribution in [0, 0.1) is 68.0 Å². The molecule has 328 valence electrons. The highest BCUT2D eigenvalue weighted by molar-refractivity contribution is 6.30. The number of carboxylic acid groups (broad SMARTS) is 1. The number of ether oxygens (including phenoxy) is 1. The number of halogens is 1. The van der Waals surface area contributed by atoms with E-state index >= 15 is 0 Å². The molecule has 0 bridgehead atoms. The Morgan fingerprint density at radius 2 is 1.53 bits per heavy atom. The Balaban J connectivity index is 1.15. The molecule has 6 aliphatic rings. The van der Waals surface area contributed by atoms with E-state index in [0.717, 1.165) is 75.6 Å². The Morgan fingerprint density at radius 3 is 2.14 bits per heavy atom. The van der Waals surface area contributed by atoms with E-state index in [1.165, 1.54) is 5.57 Å². The van der Waals surface area contributed by atoms with Crippen molar-refractivity contribution in [3.8, 4) is 0 Å². The third-order valence-corrected chi connectivity index (χ3v) is 19.0. The number of carboxylic acids is 1. The Hall–Kier alpha value is -2.26. The van der Waals surface area contributed by atoms with E-state index in [-0.39, 0.29) is 57.3 Å². The van der Waals surface area contributed by atoms with Gasteiger partial charge in [-0.25, -0.2) is 0 Å². The first kappa shape index (κ1) is 44.8. The first-order chi connectivity index (χ1) is 27.4. The maximum Gasteiger partial charge on any atom is 0.309 e. The average molecular weight is 836 g/mol. The van der Waals surface area contributed by atoms with Crippen molar-refractivity contribution in [2.75, 3.05) is 33.7 Å². The van der Waals surface area contributed by atoms with Crippen LogP contribution in [0.3, 0.4) is 0 Å². The molecule has 9 heteroatoms. The molecule has 0 heterocycles. The molecule has 1 aromatic rings. The predicted octanol–water partition coefficient (Wildman–Crippen LogP) is 9.70. The monoisotopic (exact) mass is 835 g/mol. The zero-order valence-electron chi connectivity index (χ0n) is 38.1. The number of rotatable bonds is 12. The van der Waals surface area contributed by atoms with Crippen LogP contribution < -0.4 is 0 Å². The second-order valence-corrected chi connectivity index (χ2v) is 23.3. The molecule has 1 aromatic carbocycles. The van der Waals surface area contributed by atoms with Crippen molar-refractivity contribution >= 4 is 29.3 Å². The fourth-order valence-electron chi connectivity index (χ4n) is 15.1. The molecule has 0 aliphatic heterocycles. The van der Waals surface area contributed by atoms with Gasteiger partial charge in [-0.15, -0.1) is 0 Å². The van der Waals surface area contributed by atoms with Crippen molar-refractivity contribution in [2.45, 2.75) is 145 Å². The molecule has 7 rings (SSSR count). The standard InChI is InChI=1S/C50H75ClN2O6/c1-30(2)41-36(54)27-50(39(55)29-53(25-24-52(10)11)28-31-12-14-32(51)15-13-31)23-22-48(8)33(42(41)50)16-17-38-47(7)20-19-40(46(5,6)37(47)18-21-49(38,48)9)59-44(58)35-26-34(43(56)57)45(35,3)4/h12-15,30,33-35,37-40,55H,16-29H2,1-11H3,(H,56,57)/t33-,34+,35-,37+,38-,39+,40+,47+,48-,49-,50+/m1/s1. The van der Waals surface area contributed by atoms with Crippen LogP contribution in [0.1, 0.15) is 132 Å². The third kappa shape index (κ3) is 7.08. The number of aliphatic hydroxyl groups excluding tert-OH is 1. The first-order valence-corrected chi connectivity index (χ1v) is 23.3. The Morgan fingerprint density at radius 1 is 0.847 bits per heavy atom. The van der Waals surface area contributed by atoms with Gasteiger partial charge in [0.25, 0.3) is 0 Å². The number of carbonyl (C=O) groups excluding carboxylic acids is 2. The van der Waals surface area contributed by atoms with Gasteiger partial charge < -0.3 is 19.8 Å². The molecule has 0 saturated heterocycles. The van der Waals surface area contributed by atoms with E-state index in [9.17, 15) is 24.6 Å². The van der Waals surface area contributed by atoms with Gasteiger partial charge in [0.1, 0.15) is 6.10 Å². The summed E-state index contributed by atoms with van der Waals surface area (Å²) < 4.78 is 6.45. The molecule has 0 aromatic heterocycles. The highest BCUT2D eigenvalue weighted by atomic mass is 35.5. The van der Waals surface area contributed by atoms with Crippen molar-refractivity contribution in [3.05, 3.63) is 46.0 Å². The second kappa shape index (κ2) is 15.5. The van der Waals surface area contributed by atoms with Crippen LogP contribution in [0.15, 0.2) is 35.4 Å². The average Bonchev–Trinajstić information content (AvgIpc) is 3.45. The number of aliphatic hydroxyl groups is 1. The van der Waals surface area contributed by atoms with E-state index < -0.39 is 28.8 Å². The van der Waals surface area contributed by atoms with E-state index in [0.29, 0.717) is 42.8 Å². The topological polar surface area (TPSA) is 107 Å². The smallest absolute Gasteiger partial charge is 0.309 e. The molecule has 5 saturated carbocycles. The van der Waals surface area contributed by atoms with Gasteiger partial charge in [0.2, 0.25) is 0 Å². The minimum atomic E-state index is -0.829. The normalized spacial score (nSPS) is 38.9. The van der Waals surface area contributed by atoms with Gasteiger partial charge in [0.05, 0.1) is 17.9 Å². The van der Waals surface area contributed by atoms with Gasteiger partial charge in [-0.1, -0.05) is 91.6 Å². The number of carbonyl (C=O) groups is 3. The first-order valence-electron chi connectivity index (χ1n) is 22.9. The van der Waals surface area contributed by atoms with Gasteiger partial charge >= 0.3 is 11.9 Å². The van der Waals surface area contributed by atoms with E-state index in [4.69, 9.17) is 16.3 Å². The Labute approximate surface area is 360 Å². The number of likely N-dealkylation sites (N-methyl/N-ethyl adjacent to an activating group) is 1. The molecular formula is C50H75ClN2O6. The number of allylic oxidation sites excluding steroid dienone is 1.